The van der Waals surface area contributed by atoms with Crippen LogP contribution in [0.15, 0.2) is 29.3 Å². The molecule has 0 aromatic heterocycles. The number of ether oxygens (including phenoxy) is 2. The third kappa shape index (κ3) is 9.19. The first-order valence-electron chi connectivity index (χ1n) is 7.72. The summed E-state index contributed by atoms with van der Waals surface area (Å²) in [5.41, 5.74) is -1.01. The van der Waals surface area contributed by atoms with Crippen LogP contribution in [0, 0.1) is 0 Å². The fraction of sp³-hybridized carbons (Fsp3) is 0.471. The van der Waals surface area contributed by atoms with Gasteiger partial charge in [0.25, 0.3) is 0 Å². The van der Waals surface area contributed by atoms with Crippen LogP contribution in [0.2, 0.25) is 0 Å². The van der Waals surface area contributed by atoms with E-state index in [9.17, 15) is 14.7 Å². The zero-order valence-corrected chi connectivity index (χ0v) is 15.3. The maximum atomic E-state index is 11.9. The first-order valence-corrected chi connectivity index (χ1v) is 7.72. The van der Waals surface area contributed by atoms with Gasteiger partial charge in [-0.15, -0.1) is 0 Å². The third-order valence-corrected chi connectivity index (χ3v) is 2.33. The number of nitrogens with zero attached hydrogens (tertiary/aromatic N) is 1. The Morgan fingerprint density at radius 2 is 1.28 bits per heavy atom. The van der Waals surface area contributed by atoms with Gasteiger partial charge in [-0.25, -0.2) is 14.6 Å². The average Bonchev–Trinajstić information content (AvgIpc) is 2.36. The SMILES string of the molecule is CC(C)(C)OC(=O)NC(=Nc1ccc(O)cc1)NC(=O)OC(C)(C)C. The summed E-state index contributed by atoms with van der Waals surface area (Å²) in [5, 5.41) is 14.0. The van der Waals surface area contributed by atoms with Gasteiger partial charge in [0.15, 0.2) is 0 Å². The highest BCUT2D eigenvalue weighted by molar-refractivity contribution is 6.02. The number of guanidine groups is 1. The van der Waals surface area contributed by atoms with E-state index in [-0.39, 0.29) is 11.7 Å². The minimum Gasteiger partial charge on any atom is -0.508 e. The van der Waals surface area contributed by atoms with Crippen molar-refractivity contribution in [3.63, 3.8) is 0 Å². The third-order valence-electron chi connectivity index (χ3n) is 2.33. The maximum absolute atomic E-state index is 11.9. The number of amides is 2. The summed E-state index contributed by atoms with van der Waals surface area (Å²) in [6.07, 6.45) is -1.55. The summed E-state index contributed by atoms with van der Waals surface area (Å²) >= 11 is 0. The first-order chi connectivity index (χ1) is 11.3. The van der Waals surface area contributed by atoms with Gasteiger partial charge in [-0.05, 0) is 65.8 Å². The van der Waals surface area contributed by atoms with E-state index < -0.39 is 23.4 Å². The van der Waals surface area contributed by atoms with E-state index in [1.807, 2.05) is 0 Å². The zero-order chi connectivity index (χ0) is 19.3. The van der Waals surface area contributed by atoms with E-state index in [0.717, 1.165) is 0 Å². The van der Waals surface area contributed by atoms with Gasteiger partial charge in [-0.3, -0.25) is 10.6 Å². The predicted octanol–water partition coefficient (Wildman–Crippen LogP) is 3.43. The van der Waals surface area contributed by atoms with Crippen molar-refractivity contribution in [2.75, 3.05) is 0 Å². The number of phenolic OH excluding ortho intramolecular Hbond substituents is 1. The summed E-state index contributed by atoms with van der Waals surface area (Å²) in [4.78, 5) is 28.0. The molecule has 0 bridgehead atoms. The number of carbonyl (C=O) groups is 2. The number of aliphatic imine (C=N–C) groups is 1. The Labute approximate surface area is 147 Å². The molecular formula is C17H25N3O5. The Morgan fingerprint density at radius 1 is 0.880 bits per heavy atom. The van der Waals surface area contributed by atoms with Crippen molar-refractivity contribution in [1.29, 1.82) is 0 Å². The van der Waals surface area contributed by atoms with Gasteiger partial charge in [0, 0.05) is 0 Å². The molecule has 0 radical (unpaired) electrons. The van der Waals surface area contributed by atoms with Gasteiger partial charge in [0.1, 0.15) is 17.0 Å². The van der Waals surface area contributed by atoms with Crippen LogP contribution in [0.25, 0.3) is 0 Å². The highest BCUT2D eigenvalue weighted by atomic mass is 16.6. The van der Waals surface area contributed by atoms with Crippen LogP contribution >= 0.6 is 0 Å². The van der Waals surface area contributed by atoms with Crippen LogP contribution in [0.3, 0.4) is 0 Å². The molecule has 1 rings (SSSR count). The average molecular weight is 351 g/mol. The summed E-state index contributed by atoms with van der Waals surface area (Å²) in [6, 6.07) is 5.89. The standard InChI is InChI=1S/C17H25N3O5/c1-16(2,3)24-14(22)19-13(20-15(23)25-17(4,5)6)18-11-7-9-12(21)10-8-11/h7-10,21H,1-6H3,(H2,18,19,20,22,23). The molecule has 3 N–H and O–H groups in total. The summed E-state index contributed by atoms with van der Waals surface area (Å²) in [7, 11) is 0. The van der Waals surface area contributed by atoms with Gasteiger partial charge >= 0.3 is 12.2 Å². The van der Waals surface area contributed by atoms with E-state index in [2.05, 4.69) is 15.6 Å². The van der Waals surface area contributed by atoms with E-state index in [1.165, 1.54) is 24.3 Å². The van der Waals surface area contributed by atoms with Crippen molar-refractivity contribution in [3.8, 4) is 5.75 Å². The summed E-state index contributed by atoms with van der Waals surface area (Å²) in [6.45, 7) is 10.3. The summed E-state index contributed by atoms with van der Waals surface area (Å²) < 4.78 is 10.3. The van der Waals surface area contributed by atoms with Crippen molar-refractivity contribution in [2.45, 2.75) is 52.7 Å². The van der Waals surface area contributed by atoms with Crippen molar-refractivity contribution < 1.29 is 24.2 Å². The van der Waals surface area contributed by atoms with Crippen LogP contribution < -0.4 is 10.6 Å². The Kier molecular flexibility index (Phi) is 6.38. The number of alkyl carbamates (subject to hydrolysis) is 2. The lowest BCUT2D eigenvalue weighted by atomic mass is 10.2. The Balaban J connectivity index is 2.95. The number of benzene rings is 1. The fourth-order valence-corrected chi connectivity index (χ4v) is 1.54. The monoisotopic (exact) mass is 351 g/mol. The molecule has 2 amide bonds. The molecule has 1 aromatic carbocycles. The number of aromatic hydroxyl groups is 1. The Hall–Kier alpha value is -2.77. The molecule has 0 saturated carbocycles. The van der Waals surface area contributed by atoms with Gasteiger partial charge in [-0.2, -0.15) is 0 Å². The molecular weight excluding hydrogens is 326 g/mol. The largest absolute Gasteiger partial charge is 0.508 e. The van der Waals surface area contributed by atoms with Gasteiger partial charge in [0.2, 0.25) is 5.96 Å². The lowest BCUT2D eigenvalue weighted by Gasteiger charge is -2.22. The predicted molar refractivity (Wildman–Crippen MR) is 93.9 cm³/mol. The highest BCUT2D eigenvalue weighted by Crippen LogP contribution is 2.16. The van der Waals surface area contributed by atoms with Gasteiger partial charge in [-0.1, -0.05) is 0 Å². The minimum atomic E-state index is -0.777. The second kappa shape index (κ2) is 7.87. The van der Waals surface area contributed by atoms with Crippen molar-refractivity contribution >= 4 is 23.8 Å². The molecule has 0 saturated heterocycles. The maximum Gasteiger partial charge on any atom is 0.414 e. The number of rotatable bonds is 1. The fourth-order valence-electron chi connectivity index (χ4n) is 1.54. The first kappa shape index (κ1) is 20.3. The normalized spacial score (nSPS) is 11.3. The molecule has 8 heteroatoms. The number of carbonyl (C=O) groups excluding carboxylic acids is 2. The van der Waals surface area contributed by atoms with Crippen molar-refractivity contribution in [2.24, 2.45) is 4.99 Å². The van der Waals surface area contributed by atoms with Crippen LogP contribution in [0.5, 0.6) is 5.75 Å². The number of phenols is 1. The van der Waals surface area contributed by atoms with E-state index in [0.29, 0.717) is 5.69 Å². The minimum absolute atomic E-state index is 0.0701. The molecule has 0 spiro atoms. The number of hydrogen-bond acceptors (Lipinski definition) is 6. The van der Waals surface area contributed by atoms with Crippen LogP contribution in [0.4, 0.5) is 15.3 Å². The number of nitrogens with one attached hydrogen (secondary N) is 2. The van der Waals surface area contributed by atoms with E-state index in [4.69, 9.17) is 9.47 Å². The van der Waals surface area contributed by atoms with Crippen molar-refractivity contribution in [3.05, 3.63) is 24.3 Å². The second-order valence-corrected chi connectivity index (χ2v) is 7.23. The molecule has 0 atom stereocenters. The van der Waals surface area contributed by atoms with E-state index >= 15 is 0 Å². The molecule has 8 nitrogen and oxygen atoms in total. The Morgan fingerprint density at radius 3 is 1.64 bits per heavy atom. The van der Waals surface area contributed by atoms with Crippen molar-refractivity contribution in [1.82, 2.24) is 10.6 Å². The highest BCUT2D eigenvalue weighted by Gasteiger charge is 2.21. The molecule has 138 valence electrons. The molecule has 0 aliphatic heterocycles. The lowest BCUT2D eigenvalue weighted by molar-refractivity contribution is 0.0545. The van der Waals surface area contributed by atoms with Crippen LogP contribution in [0.1, 0.15) is 41.5 Å². The van der Waals surface area contributed by atoms with Crippen LogP contribution in [-0.4, -0.2) is 34.5 Å². The second-order valence-electron chi connectivity index (χ2n) is 7.23. The molecule has 0 heterocycles. The molecule has 0 aliphatic carbocycles. The Bertz CT molecular complexity index is 608. The number of hydrogen-bond donors (Lipinski definition) is 3. The quantitative estimate of drug-likeness (QED) is 0.530. The molecule has 0 fully saturated rings. The van der Waals surface area contributed by atoms with E-state index in [1.54, 1.807) is 41.5 Å². The lowest BCUT2D eigenvalue weighted by Crippen LogP contribution is -2.47. The van der Waals surface area contributed by atoms with Crippen LogP contribution in [-0.2, 0) is 9.47 Å². The van der Waals surface area contributed by atoms with Gasteiger partial charge < -0.3 is 14.6 Å². The molecule has 0 aliphatic rings. The zero-order valence-electron chi connectivity index (χ0n) is 15.3. The molecule has 25 heavy (non-hydrogen) atoms. The molecule has 0 unspecified atom stereocenters. The topological polar surface area (TPSA) is 109 Å². The summed E-state index contributed by atoms with van der Waals surface area (Å²) in [5.74, 6) is -0.0881. The smallest absolute Gasteiger partial charge is 0.414 e. The van der Waals surface area contributed by atoms with Gasteiger partial charge in [0.05, 0.1) is 5.69 Å². The molecule has 1 aromatic rings.